The number of carbonyl (C=O) groups is 2. The number of amides is 2. The third-order valence-corrected chi connectivity index (χ3v) is 5.31. The molecular weight excluding hydrogens is 264 g/mol. The predicted molar refractivity (Wildman–Crippen MR) is 85.8 cm³/mol. The molecule has 1 rings (SSSR count). The molecule has 122 valence electrons. The first kappa shape index (κ1) is 18.0. The standard InChI is InChI=1S/C17H32N2O2/c1-12(2)17(4,5)16(21)18-10-7-8-13(3)14-9-11-19(6)15(14)20/h12-14H,7-11H2,1-6H3,(H,18,21). The first-order chi connectivity index (χ1) is 9.67. The van der Waals surface area contributed by atoms with Crippen molar-refractivity contribution in [1.82, 2.24) is 10.2 Å². The predicted octanol–water partition coefficient (Wildman–Crippen LogP) is 2.68. The normalized spacial score (nSPS) is 21.0. The SMILES string of the molecule is CC(CCCNC(=O)C(C)(C)C(C)C)C1CCN(C)C1=O. The fourth-order valence-corrected chi connectivity index (χ4v) is 2.69. The van der Waals surface area contributed by atoms with Gasteiger partial charge in [0, 0.05) is 31.5 Å². The summed E-state index contributed by atoms with van der Waals surface area (Å²) in [4.78, 5) is 25.9. The molecule has 1 aliphatic heterocycles. The largest absolute Gasteiger partial charge is 0.356 e. The number of rotatable bonds is 7. The second-order valence-electron chi connectivity index (χ2n) is 7.41. The van der Waals surface area contributed by atoms with Crippen LogP contribution in [0.3, 0.4) is 0 Å². The van der Waals surface area contributed by atoms with Crippen LogP contribution in [-0.4, -0.2) is 36.9 Å². The molecule has 4 heteroatoms. The molecule has 1 N–H and O–H groups in total. The topological polar surface area (TPSA) is 49.4 Å². The van der Waals surface area contributed by atoms with Crippen molar-refractivity contribution in [1.29, 1.82) is 0 Å². The molecule has 1 aliphatic rings. The van der Waals surface area contributed by atoms with Crippen LogP contribution in [0.2, 0.25) is 0 Å². The highest BCUT2D eigenvalue weighted by Gasteiger charge is 2.33. The van der Waals surface area contributed by atoms with Crippen LogP contribution in [0.1, 0.15) is 53.9 Å². The minimum absolute atomic E-state index is 0.127. The van der Waals surface area contributed by atoms with Gasteiger partial charge in [0.15, 0.2) is 0 Å². The van der Waals surface area contributed by atoms with Gasteiger partial charge < -0.3 is 10.2 Å². The average molecular weight is 296 g/mol. The fraction of sp³-hybridized carbons (Fsp3) is 0.882. The zero-order valence-electron chi connectivity index (χ0n) is 14.5. The molecular formula is C17H32N2O2. The second kappa shape index (κ2) is 7.28. The lowest BCUT2D eigenvalue weighted by molar-refractivity contribution is -0.132. The molecule has 2 atom stereocenters. The molecule has 0 aliphatic carbocycles. The van der Waals surface area contributed by atoms with Crippen molar-refractivity contribution >= 4 is 11.8 Å². The third kappa shape index (κ3) is 4.45. The number of carbonyl (C=O) groups excluding carboxylic acids is 2. The van der Waals surface area contributed by atoms with E-state index >= 15 is 0 Å². The van der Waals surface area contributed by atoms with Gasteiger partial charge in [-0.3, -0.25) is 9.59 Å². The summed E-state index contributed by atoms with van der Waals surface area (Å²) in [5, 5.41) is 3.04. The van der Waals surface area contributed by atoms with Crippen molar-refractivity contribution < 1.29 is 9.59 Å². The Hall–Kier alpha value is -1.06. The summed E-state index contributed by atoms with van der Waals surface area (Å²) in [7, 11) is 1.88. The lowest BCUT2D eigenvalue weighted by Crippen LogP contribution is -2.40. The van der Waals surface area contributed by atoms with Crippen molar-refractivity contribution in [2.45, 2.75) is 53.9 Å². The molecule has 2 amide bonds. The van der Waals surface area contributed by atoms with Crippen LogP contribution in [-0.2, 0) is 9.59 Å². The van der Waals surface area contributed by atoms with Crippen LogP contribution in [0.5, 0.6) is 0 Å². The molecule has 1 fully saturated rings. The lowest BCUT2D eigenvalue weighted by atomic mass is 9.80. The van der Waals surface area contributed by atoms with Gasteiger partial charge in [0.25, 0.3) is 0 Å². The molecule has 0 aromatic carbocycles. The summed E-state index contributed by atoms with van der Waals surface area (Å²) in [6.45, 7) is 11.9. The Morgan fingerprint density at radius 2 is 2.00 bits per heavy atom. The van der Waals surface area contributed by atoms with E-state index in [1.54, 1.807) is 0 Å². The summed E-state index contributed by atoms with van der Waals surface area (Å²) in [6.07, 6.45) is 2.91. The van der Waals surface area contributed by atoms with Gasteiger partial charge in [-0.1, -0.05) is 34.6 Å². The number of nitrogens with zero attached hydrogens (tertiary/aromatic N) is 1. The van der Waals surface area contributed by atoms with Crippen molar-refractivity contribution in [2.75, 3.05) is 20.1 Å². The van der Waals surface area contributed by atoms with E-state index in [-0.39, 0.29) is 23.1 Å². The molecule has 0 aromatic rings. The maximum absolute atomic E-state index is 12.1. The van der Waals surface area contributed by atoms with Gasteiger partial charge in [-0.05, 0) is 31.1 Å². The van der Waals surface area contributed by atoms with Gasteiger partial charge in [0.05, 0.1) is 0 Å². The quantitative estimate of drug-likeness (QED) is 0.734. The van der Waals surface area contributed by atoms with Crippen LogP contribution >= 0.6 is 0 Å². The highest BCUT2D eigenvalue weighted by Crippen LogP contribution is 2.28. The monoisotopic (exact) mass is 296 g/mol. The molecule has 4 nitrogen and oxygen atoms in total. The van der Waals surface area contributed by atoms with Crippen molar-refractivity contribution in [2.24, 2.45) is 23.2 Å². The van der Waals surface area contributed by atoms with E-state index in [1.807, 2.05) is 25.8 Å². The highest BCUT2D eigenvalue weighted by atomic mass is 16.2. The molecule has 0 bridgehead atoms. The first-order valence-corrected chi connectivity index (χ1v) is 8.21. The Labute approximate surface area is 129 Å². The molecule has 0 aromatic heterocycles. The van der Waals surface area contributed by atoms with Crippen LogP contribution in [0, 0.1) is 23.2 Å². The smallest absolute Gasteiger partial charge is 0.225 e. The number of hydrogen-bond acceptors (Lipinski definition) is 2. The Morgan fingerprint density at radius 1 is 1.38 bits per heavy atom. The summed E-state index contributed by atoms with van der Waals surface area (Å²) in [6, 6.07) is 0. The minimum Gasteiger partial charge on any atom is -0.356 e. The van der Waals surface area contributed by atoms with Crippen LogP contribution in [0.25, 0.3) is 0 Å². The number of hydrogen-bond donors (Lipinski definition) is 1. The fourth-order valence-electron chi connectivity index (χ4n) is 2.69. The Bertz CT molecular complexity index is 377. The molecule has 0 radical (unpaired) electrons. The highest BCUT2D eigenvalue weighted by molar-refractivity contribution is 5.82. The van der Waals surface area contributed by atoms with Gasteiger partial charge in [0.2, 0.25) is 11.8 Å². The average Bonchev–Trinajstić information content (AvgIpc) is 2.74. The van der Waals surface area contributed by atoms with E-state index in [1.165, 1.54) is 0 Å². The summed E-state index contributed by atoms with van der Waals surface area (Å²) in [5.74, 6) is 1.31. The maximum atomic E-state index is 12.1. The van der Waals surface area contributed by atoms with Crippen LogP contribution < -0.4 is 5.32 Å². The van der Waals surface area contributed by atoms with E-state index in [9.17, 15) is 9.59 Å². The first-order valence-electron chi connectivity index (χ1n) is 8.21. The molecule has 2 unspecified atom stereocenters. The van der Waals surface area contributed by atoms with Gasteiger partial charge in [-0.2, -0.15) is 0 Å². The van der Waals surface area contributed by atoms with Gasteiger partial charge in [-0.25, -0.2) is 0 Å². The van der Waals surface area contributed by atoms with Crippen LogP contribution in [0.4, 0.5) is 0 Å². The second-order valence-corrected chi connectivity index (χ2v) is 7.41. The maximum Gasteiger partial charge on any atom is 0.225 e. The molecule has 1 saturated heterocycles. The molecule has 21 heavy (non-hydrogen) atoms. The number of nitrogens with one attached hydrogen (secondary N) is 1. The van der Waals surface area contributed by atoms with Crippen LogP contribution in [0.15, 0.2) is 0 Å². The van der Waals surface area contributed by atoms with E-state index in [2.05, 4.69) is 26.1 Å². The van der Waals surface area contributed by atoms with Crippen molar-refractivity contribution in [3.05, 3.63) is 0 Å². The van der Waals surface area contributed by atoms with E-state index in [0.29, 0.717) is 18.4 Å². The van der Waals surface area contributed by atoms with Crippen molar-refractivity contribution in [3.63, 3.8) is 0 Å². The number of likely N-dealkylation sites (tertiary alicyclic amines) is 1. The van der Waals surface area contributed by atoms with E-state index < -0.39 is 0 Å². The Morgan fingerprint density at radius 3 is 2.48 bits per heavy atom. The van der Waals surface area contributed by atoms with Gasteiger partial charge >= 0.3 is 0 Å². The summed E-state index contributed by atoms with van der Waals surface area (Å²) >= 11 is 0. The minimum atomic E-state index is -0.324. The zero-order valence-corrected chi connectivity index (χ0v) is 14.5. The zero-order chi connectivity index (χ0) is 16.2. The third-order valence-electron chi connectivity index (χ3n) is 5.31. The molecule has 1 heterocycles. The van der Waals surface area contributed by atoms with Crippen molar-refractivity contribution in [3.8, 4) is 0 Å². The van der Waals surface area contributed by atoms with Gasteiger partial charge in [0.1, 0.15) is 0 Å². The summed E-state index contributed by atoms with van der Waals surface area (Å²) in [5.41, 5.74) is -0.324. The lowest BCUT2D eigenvalue weighted by Gasteiger charge is -2.27. The Balaban J connectivity index is 2.28. The van der Waals surface area contributed by atoms with E-state index in [4.69, 9.17) is 0 Å². The van der Waals surface area contributed by atoms with E-state index in [0.717, 1.165) is 25.8 Å². The molecule has 0 saturated carbocycles. The molecule has 0 spiro atoms. The summed E-state index contributed by atoms with van der Waals surface area (Å²) < 4.78 is 0. The van der Waals surface area contributed by atoms with Gasteiger partial charge in [-0.15, -0.1) is 0 Å². The Kier molecular flexibility index (Phi) is 6.24.